The number of carbonyl (C=O) groups is 2. The minimum Gasteiger partial charge on any atom is -0.321 e. The van der Waals surface area contributed by atoms with Crippen LogP contribution in [0.1, 0.15) is 50.8 Å². The molecule has 0 aromatic heterocycles. The van der Waals surface area contributed by atoms with Crippen LogP contribution in [0.3, 0.4) is 0 Å². The molecule has 2 aromatic rings. The van der Waals surface area contributed by atoms with E-state index >= 15 is 0 Å². The molecule has 2 amide bonds. The Hall–Kier alpha value is -3.39. The number of nitrogens with zero attached hydrogens (tertiary/aromatic N) is 2. The van der Waals surface area contributed by atoms with Gasteiger partial charge in [0.1, 0.15) is 11.6 Å². The molecule has 0 atom stereocenters. The lowest BCUT2D eigenvalue weighted by Gasteiger charge is -2.18. The Morgan fingerprint density at radius 2 is 1.71 bits per heavy atom. The first-order valence-corrected chi connectivity index (χ1v) is 10.9. The zero-order valence-electron chi connectivity index (χ0n) is 18.7. The maximum Gasteiger partial charge on any atom is 0.267 e. The van der Waals surface area contributed by atoms with Crippen molar-refractivity contribution in [3.63, 3.8) is 0 Å². The van der Waals surface area contributed by atoms with Crippen molar-refractivity contribution in [2.45, 2.75) is 47.0 Å². The van der Waals surface area contributed by atoms with E-state index in [4.69, 9.17) is 0 Å². The van der Waals surface area contributed by atoms with Crippen molar-refractivity contribution in [2.75, 3.05) is 16.8 Å². The minimum atomic E-state index is -0.540. The number of aryl methyl sites for hydroxylation is 2. The lowest BCUT2D eigenvalue weighted by molar-refractivity contribution is -0.114. The van der Waals surface area contributed by atoms with Gasteiger partial charge in [0.25, 0.3) is 11.8 Å². The van der Waals surface area contributed by atoms with Crippen molar-refractivity contribution in [2.24, 2.45) is 5.92 Å². The van der Waals surface area contributed by atoms with Crippen LogP contribution < -0.4 is 10.2 Å². The Bertz CT molecular complexity index is 1050. The molecule has 5 heteroatoms. The van der Waals surface area contributed by atoms with E-state index in [0.717, 1.165) is 41.8 Å². The van der Waals surface area contributed by atoms with Crippen molar-refractivity contribution in [3.8, 4) is 6.07 Å². The number of hydrogen-bond acceptors (Lipinski definition) is 3. The molecule has 0 spiro atoms. The maximum atomic E-state index is 13.3. The number of benzene rings is 2. The van der Waals surface area contributed by atoms with Gasteiger partial charge in [0.05, 0.1) is 11.3 Å². The highest BCUT2D eigenvalue weighted by Gasteiger charge is 2.36. The second-order valence-electron chi connectivity index (χ2n) is 8.13. The topological polar surface area (TPSA) is 73.2 Å². The number of nitrogens with one attached hydrogen (secondary N) is 1. The summed E-state index contributed by atoms with van der Waals surface area (Å²) < 4.78 is 0. The number of fused-ring (bicyclic) bond motifs is 1. The van der Waals surface area contributed by atoms with E-state index in [1.807, 2.05) is 56.3 Å². The number of para-hydroxylation sites is 2. The molecule has 1 N–H and O–H groups in total. The highest BCUT2D eigenvalue weighted by atomic mass is 16.2. The van der Waals surface area contributed by atoms with E-state index in [-0.39, 0.29) is 17.1 Å². The Balaban J connectivity index is 2.05. The standard InChI is InChI=1S/C26H29N3O2/c1-5-18-10-9-11-19(6-2)24(18)28-25(30)21(16-27)23-20-12-7-8-13-22(20)29(26(23)31)15-14-17(3)4/h7-13,17H,5-6,14-15H2,1-4H3,(H,28,30)/b23-21-. The monoisotopic (exact) mass is 415 g/mol. The molecule has 1 aliphatic rings. The molecule has 3 rings (SSSR count). The van der Waals surface area contributed by atoms with Crippen LogP contribution in [0.2, 0.25) is 0 Å². The third kappa shape index (κ3) is 4.39. The summed E-state index contributed by atoms with van der Waals surface area (Å²) in [7, 11) is 0. The molecule has 0 radical (unpaired) electrons. The van der Waals surface area contributed by atoms with Gasteiger partial charge in [-0.1, -0.05) is 64.1 Å². The Labute approximate surface area is 184 Å². The molecule has 1 aliphatic heterocycles. The molecule has 1 heterocycles. The van der Waals surface area contributed by atoms with E-state index in [1.165, 1.54) is 0 Å². The first-order valence-electron chi connectivity index (χ1n) is 10.9. The molecule has 0 unspecified atom stereocenters. The summed E-state index contributed by atoms with van der Waals surface area (Å²) in [6, 6.07) is 15.3. The van der Waals surface area contributed by atoms with Gasteiger partial charge < -0.3 is 10.2 Å². The van der Waals surface area contributed by atoms with E-state index in [9.17, 15) is 14.9 Å². The van der Waals surface area contributed by atoms with Crippen molar-refractivity contribution in [1.82, 2.24) is 0 Å². The van der Waals surface area contributed by atoms with Crippen molar-refractivity contribution < 1.29 is 9.59 Å². The minimum absolute atomic E-state index is 0.141. The van der Waals surface area contributed by atoms with Gasteiger partial charge in [-0.2, -0.15) is 5.26 Å². The number of nitriles is 1. The molecule has 0 aliphatic carbocycles. The molecule has 0 saturated carbocycles. The fraction of sp³-hybridized carbons (Fsp3) is 0.346. The molecular formula is C26H29N3O2. The van der Waals surface area contributed by atoms with Gasteiger partial charge in [0, 0.05) is 17.8 Å². The number of amides is 2. The molecule has 160 valence electrons. The summed E-state index contributed by atoms with van der Waals surface area (Å²) in [5.41, 5.74) is 4.19. The zero-order chi connectivity index (χ0) is 22.5. The van der Waals surface area contributed by atoms with Crippen LogP contribution in [-0.2, 0) is 22.4 Å². The predicted octanol–water partition coefficient (Wildman–Crippen LogP) is 5.12. The second kappa shape index (κ2) is 9.61. The lowest BCUT2D eigenvalue weighted by Crippen LogP contribution is -2.29. The molecule has 0 saturated heterocycles. The van der Waals surface area contributed by atoms with Gasteiger partial charge in [0.2, 0.25) is 0 Å². The Morgan fingerprint density at radius 3 is 2.29 bits per heavy atom. The fourth-order valence-corrected chi connectivity index (χ4v) is 3.93. The zero-order valence-corrected chi connectivity index (χ0v) is 18.7. The van der Waals surface area contributed by atoms with Gasteiger partial charge in [-0.3, -0.25) is 9.59 Å². The maximum absolute atomic E-state index is 13.3. The second-order valence-corrected chi connectivity index (χ2v) is 8.13. The number of anilines is 2. The summed E-state index contributed by atoms with van der Waals surface area (Å²) in [4.78, 5) is 28.2. The lowest BCUT2D eigenvalue weighted by atomic mass is 9.99. The molecule has 2 aromatic carbocycles. The quantitative estimate of drug-likeness (QED) is 0.504. The van der Waals surface area contributed by atoms with Crippen molar-refractivity contribution in [3.05, 3.63) is 64.7 Å². The molecular weight excluding hydrogens is 386 g/mol. The molecule has 5 nitrogen and oxygen atoms in total. The van der Waals surface area contributed by atoms with E-state index in [2.05, 4.69) is 19.2 Å². The third-order valence-electron chi connectivity index (χ3n) is 5.68. The highest BCUT2D eigenvalue weighted by Crippen LogP contribution is 2.39. The third-order valence-corrected chi connectivity index (χ3v) is 5.68. The Morgan fingerprint density at radius 1 is 1.06 bits per heavy atom. The van der Waals surface area contributed by atoms with Crippen molar-refractivity contribution in [1.29, 1.82) is 5.26 Å². The van der Waals surface area contributed by atoms with Crippen LogP contribution in [-0.4, -0.2) is 18.4 Å². The number of rotatable bonds is 7. The SMILES string of the molecule is CCc1cccc(CC)c1NC(=O)/C(C#N)=C1\C(=O)N(CCC(C)C)c2ccccc21. The average molecular weight is 416 g/mol. The van der Waals surface area contributed by atoms with Gasteiger partial charge in [-0.15, -0.1) is 0 Å². The van der Waals surface area contributed by atoms with Crippen LogP contribution in [0.4, 0.5) is 11.4 Å². The van der Waals surface area contributed by atoms with Crippen LogP contribution in [0, 0.1) is 17.2 Å². The Kier molecular flexibility index (Phi) is 6.91. The smallest absolute Gasteiger partial charge is 0.267 e. The predicted molar refractivity (Wildman–Crippen MR) is 125 cm³/mol. The van der Waals surface area contributed by atoms with E-state index in [0.29, 0.717) is 18.0 Å². The summed E-state index contributed by atoms with van der Waals surface area (Å²) >= 11 is 0. The van der Waals surface area contributed by atoms with E-state index < -0.39 is 5.91 Å². The first kappa shape index (κ1) is 22.3. The number of carbonyl (C=O) groups excluding carboxylic acids is 2. The van der Waals surface area contributed by atoms with Crippen LogP contribution in [0.25, 0.3) is 5.57 Å². The fourth-order valence-electron chi connectivity index (χ4n) is 3.93. The average Bonchev–Trinajstić information content (AvgIpc) is 3.04. The normalized spacial score (nSPS) is 14.5. The highest BCUT2D eigenvalue weighted by molar-refractivity contribution is 6.37. The van der Waals surface area contributed by atoms with Crippen LogP contribution in [0.5, 0.6) is 0 Å². The number of hydrogen-bond donors (Lipinski definition) is 1. The van der Waals surface area contributed by atoms with Gasteiger partial charge >= 0.3 is 0 Å². The summed E-state index contributed by atoms with van der Waals surface area (Å²) in [5.74, 6) is -0.389. The largest absolute Gasteiger partial charge is 0.321 e. The van der Waals surface area contributed by atoms with Crippen LogP contribution in [0.15, 0.2) is 48.0 Å². The van der Waals surface area contributed by atoms with Crippen molar-refractivity contribution >= 4 is 28.8 Å². The molecule has 0 bridgehead atoms. The van der Waals surface area contributed by atoms with Gasteiger partial charge in [-0.25, -0.2) is 0 Å². The van der Waals surface area contributed by atoms with Gasteiger partial charge in [-0.05, 0) is 42.4 Å². The first-order chi connectivity index (χ1) is 14.9. The van der Waals surface area contributed by atoms with E-state index in [1.54, 1.807) is 11.0 Å². The summed E-state index contributed by atoms with van der Waals surface area (Å²) in [6.45, 7) is 8.81. The van der Waals surface area contributed by atoms with Gasteiger partial charge in [0.15, 0.2) is 0 Å². The van der Waals surface area contributed by atoms with Crippen LogP contribution >= 0.6 is 0 Å². The molecule has 0 fully saturated rings. The molecule has 31 heavy (non-hydrogen) atoms. The summed E-state index contributed by atoms with van der Waals surface area (Å²) in [6.07, 6.45) is 2.35. The summed E-state index contributed by atoms with van der Waals surface area (Å²) in [5, 5.41) is 12.8.